The Morgan fingerprint density at radius 3 is 2.85 bits per heavy atom. The predicted octanol–water partition coefficient (Wildman–Crippen LogP) is 2.56. The summed E-state index contributed by atoms with van der Waals surface area (Å²) in [5.74, 6) is -2.79. The molecular weight excluding hydrogens is 448 g/mol. The lowest BCUT2D eigenvalue weighted by Crippen LogP contribution is -2.55. The molecule has 3 aromatic rings. The van der Waals surface area contributed by atoms with Crippen LogP contribution >= 0.6 is 0 Å². The number of carbonyl (C=O) groups excluding carboxylic acids is 1. The molecule has 0 aromatic carbocycles. The van der Waals surface area contributed by atoms with Crippen molar-refractivity contribution in [3.05, 3.63) is 46.5 Å². The third kappa shape index (κ3) is 3.98. The van der Waals surface area contributed by atoms with Crippen LogP contribution in [0.4, 0.5) is 26.1 Å². The molecule has 2 atom stereocenters. The van der Waals surface area contributed by atoms with Crippen molar-refractivity contribution >= 4 is 28.9 Å². The number of ether oxygens (including phenoxy) is 1. The minimum Gasteiger partial charge on any atom is -0.379 e. The van der Waals surface area contributed by atoms with Crippen LogP contribution in [0.15, 0.2) is 35.4 Å². The van der Waals surface area contributed by atoms with E-state index in [0.29, 0.717) is 30.5 Å². The van der Waals surface area contributed by atoms with Gasteiger partial charge >= 0.3 is 0 Å². The maximum absolute atomic E-state index is 13.6. The number of carbonyl (C=O) groups is 1. The van der Waals surface area contributed by atoms with Crippen molar-refractivity contribution in [1.82, 2.24) is 24.5 Å². The molecule has 1 saturated carbocycles. The van der Waals surface area contributed by atoms with E-state index < -0.39 is 17.9 Å². The Labute approximate surface area is 193 Å². The van der Waals surface area contributed by atoms with E-state index in [0.717, 1.165) is 12.8 Å². The van der Waals surface area contributed by atoms with Crippen molar-refractivity contribution in [3.8, 4) is 0 Å². The van der Waals surface area contributed by atoms with Gasteiger partial charge < -0.3 is 25.3 Å². The van der Waals surface area contributed by atoms with E-state index in [-0.39, 0.29) is 35.7 Å². The first-order valence-corrected chi connectivity index (χ1v) is 11.2. The molecule has 10 nitrogen and oxygen atoms in total. The van der Waals surface area contributed by atoms with Crippen LogP contribution in [0.2, 0.25) is 0 Å². The third-order valence-corrected chi connectivity index (χ3v) is 6.32. The van der Waals surface area contributed by atoms with E-state index in [1.807, 2.05) is 0 Å². The van der Waals surface area contributed by atoms with E-state index in [2.05, 4.69) is 26.0 Å². The number of fused-ring (bicyclic) bond motifs is 1. The van der Waals surface area contributed by atoms with Crippen molar-refractivity contribution in [2.45, 2.75) is 43.7 Å². The molecule has 0 unspecified atom stereocenters. The van der Waals surface area contributed by atoms with Gasteiger partial charge in [0.25, 0.3) is 17.4 Å². The zero-order valence-electron chi connectivity index (χ0n) is 18.6. The Morgan fingerprint density at radius 1 is 1.32 bits per heavy atom. The van der Waals surface area contributed by atoms with Gasteiger partial charge in [-0.25, -0.2) is 13.8 Å². The van der Waals surface area contributed by atoms with Crippen molar-refractivity contribution in [2.24, 2.45) is 0 Å². The van der Waals surface area contributed by atoms with Gasteiger partial charge in [-0.2, -0.15) is 9.61 Å². The average Bonchev–Trinajstić information content (AvgIpc) is 3.27. The van der Waals surface area contributed by atoms with E-state index in [1.54, 1.807) is 36.0 Å². The fourth-order valence-corrected chi connectivity index (χ4v) is 4.26. The highest BCUT2D eigenvalue weighted by atomic mass is 19.3. The number of anilines is 3. The summed E-state index contributed by atoms with van der Waals surface area (Å²) >= 11 is 0. The lowest BCUT2D eigenvalue weighted by Gasteiger charge is -2.36. The average molecular weight is 473 g/mol. The molecule has 0 spiro atoms. The fourth-order valence-electron chi connectivity index (χ4n) is 4.26. The van der Waals surface area contributed by atoms with Crippen molar-refractivity contribution in [3.63, 3.8) is 0 Å². The normalized spacial score (nSPS) is 21.6. The molecule has 0 radical (unpaired) electrons. The standard InChI is InChI=1S/C22H25F2N7O3/c1-25-18-10-17(27-15-5-2-8-30(21(15)33)13-4-3-9-34-12-13)29-19-14(11-26-31(18)19)20(32)28-16-6-7-22(16,23)24/h2,5,8,10-11,13,16,25H,3-4,6-7,9,12H2,1H3,(H,27,29)(H,28,32)/t13-,16+/m1/s1. The van der Waals surface area contributed by atoms with Crippen LogP contribution < -0.4 is 21.5 Å². The zero-order valence-corrected chi connectivity index (χ0v) is 18.6. The van der Waals surface area contributed by atoms with Crippen molar-refractivity contribution in [2.75, 3.05) is 30.9 Å². The van der Waals surface area contributed by atoms with Gasteiger partial charge in [0.1, 0.15) is 22.9 Å². The van der Waals surface area contributed by atoms with Gasteiger partial charge in [-0.3, -0.25) is 9.59 Å². The molecule has 1 aliphatic heterocycles. The summed E-state index contributed by atoms with van der Waals surface area (Å²) < 4.78 is 35.8. The van der Waals surface area contributed by atoms with Gasteiger partial charge in [0, 0.05) is 32.3 Å². The SMILES string of the molecule is CNc1cc(Nc2cccn([C@@H]3CCCOC3)c2=O)nc2c(C(=O)N[C@H]3CCC3(F)F)cnn12. The fraction of sp³-hybridized carbons (Fsp3) is 0.455. The molecule has 1 amide bonds. The summed E-state index contributed by atoms with van der Waals surface area (Å²) in [5.41, 5.74) is 0.329. The van der Waals surface area contributed by atoms with Crippen molar-refractivity contribution in [1.29, 1.82) is 0 Å². The number of nitrogens with zero attached hydrogens (tertiary/aromatic N) is 4. The molecule has 2 aliphatic rings. The van der Waals surface area contributed by atoms with Gasteiger partial charge in [0.2, 0.25) is 0 Å². The Balaban J connectivity index is 1.46. The molecule has 180 valence electrons. The number of hydrogen-bond donors (Lipinski definition) is 3. The van der Waals surface area contributed by atoms with Crippen LogP contribution in [0.25, 0.3) is 5.65 Å². The second-order valence-corrected chi connectivity index (χ2v) is 8.53. The van der Waals surface area contributed by atoms with Gasteiger partial charge in [-0.1, -0.05) is 0 Å². The van der Waals surface area contributed by atoms with Crippen LogP contribution in [0.1, 0.15) is 42.1 Å². The maximum atomic E-state index is 13.6. The summed E-state index contributed by atoms with van der Waals surface area (Å²) in [5, 5.41) is 12.6. The molecule has 3 N–H and O–H groups in total. The second kappa shape index (κ2) is 8.67. The summed E-state index contributed by atoms with van der Waals surface area (Å²) in [7, 11) is 1.67. The van der Waals surface area contributed by atoms with Crippen LogP contribution in [0.3, 0.4) is 0 Å². The number of pyridine rings is 1. The molecular formula is C22H25F2N7O3. The number of halogens is 2. The highest BCUT2D eigenvalue weighted by molar-refractivity contribution is 6.00. The topological polar surface area (TPSA) is 115 Å². The molecule has 5 rings (SSSR count). The summed E-state index contributed by atoms with van der Waals surface area (Å²) in [4.78, 5) is 30.3. The number of hydrogen-bond acceptors (Lipinski definition) is 7. The first-order chi connectivity index (χ1) is 16.4. The predicted molar refractivity (Wildman–Crippen MR) is 121 cm³/mol. The van der Waals surface area contributed by atoms with Gasteiger partial charge in [-0.05, 0) is 31.4 Å². The maximum Gasteiger partial charge on any atom is 0.274 e. The van der Waals surface area contributed by atoms with Crippen molar-refractivity contribution < 1.29 is 18.3 Å². The minimum absolute atomic E-state index is 0.0407. The number of aromatic nitrogens is 4. The van der Waals surface area contributed by atoms with Crippen LogP contribution in [-0.4, -0.2) is 57.3 Å². The van der Waals surface area contributed by atoms with Crippen LogP contribution in [0.5, 0.6) is 0 Å². The lowest BCUT2D eigenvalue weighted by atomic mass is 9.88. The largest absolute Gasteiger partial charge is 0.379 e. The molecule has 4 heterocycles. The summed E-state index contributed by atoms with van der Waals surface area (Å²) in [6.45, 7) is 1.17. The lowest BCUT2D eigenvalue weighted by molar-refractivity contribution is -0.102. The summed E-state index contributed by atoms with van der Waals surface area (Å²) in [6, 6.07) is 3.82. The number of rotatable bonds is 6. The summed E-state index contributed by atoms with van der Waals surface area (Å²) in [6.07, 6.45) is 4.73. The van der Waals surface area contributed by atoms with Gasteiger partial charge in [0.05, 0.1) is 24.9 Å². The third-order valence-electron chi connectivity index (χ3n) is 6.32. The van der Waals surface area contributed by atoms with Gasteiger partial charge in [-0.15, -0.1) is 0 Å². The number of nitrogens with one attached hydrogen (secondary N) is 3. The molecule has 12 heteroatoms. The van der Waals surface area contributed by atoms with Crippen LogP contribution in [0, 0.1) is 0 Å². The molecule has 3 aromatic heterocycles. The molecule has 1 aliphatic carbocycles. The Kier molecular flexibility index (Phi) is 5.68. The van der Waals surface area contributed by atoms with E-state index in [1.165, 1.54) is 10.7 Å². The molecule has 1 saturated heterocycles. The zero-order chi connectivity index (χ0) is 23.9. The Bertz CT molecular complexity index is 1280. The molecule has 34 heavy (non-hydrogen) atoms. The molecule has 2 fully saturated rings. The first-order valence-electron chi connectivity index (χ1n) is 11.2. The highest BCUT2D eigenvalue weighted by Crippen LogP contribution is 2.37. The molecule has 0 bridgehead atoms. The highest BCUT2D eigenvalue weighted by Gasteiger charge is 2.49. The van der Waals surface area contributed by atoms with E-state index in [9.17, 15) is 18.4 Å². The van der Waals surface area contributed by atoms with Crippen LogP contribution in [-0.2, 0) is 4.74 Å². The Hall–Kier alpha value is -3.54. The second-order valence-electron chi connectivity index (χ2n) is 8.53. The number of alkyl halides is 2. The number of amides is 1. The van der Waals surface area contributed by atoms with E-state index in [4.69, 9.17) is 4.74 Å². The quantitative estimate of drug-likeness (QED) is 0.504. The smallest absolute Gasteiger partial charge is 0.274 e. The monoisotopic (exact) mass is 473 g/mol. The van der Waals surface area contributed by atoms with Gasteiger partial charge in [0.15, 0.2) is 5.65 Å². The van der Waals surface area contributed by atoms with E-state index >= 15 is 0 Å². The first kappa shape index (κ1) is 22.3. The Morgan fingerprint density at radius 2 is 2.18 bits per heavy atom. The minimum atomic E-state index is -2.91.